The van der Waals surface area contributed by atoms with Gasteiger partial charge in [-0.1, -0.05) is 0 Å². The van der Waals surface area contributed by atoms with Gasteiger partial charge >= 0.3 is 0 Å². The third-order valence-corrected chi connectivity index (χ3v) is 3.99. The Morgan fingerprint density at radius 2 is 1.87 bits per heavy atom. The van der Waals surface area contributed by atoms with Gasteiger partial charge in [-0.2, -0.15) is 0 Å². The van der Waals surface area contributed by atoms with Gasteiger partial charge in [-0.25, -0.2) is 0 Å². The Kier molecular flexibility index (Phi) is 8.87. The fourth-order valence-corrected chi connectivity index (χ4v) is 2.77. The Morgan fingerprint density at radius 1 is 1.22 bits per heavy atom. The number of guanidine groups is 1. The second kappa shape index (κ2) is 10.1. The van der Waals surface area contributed by atoms with Gasteiger partial charge in [0.15, 0.2) is 5.96 Å². The van der Waals surface area contributed by atoms with Crippen molar-refractivity contribution in [2.45, 2.75) is 59.3 Å². The van der Waals surface area contributed by atoms with E-state index < -0.39 is 0 Å². The van der Waals surface area contributed by atoms with Crippen molar-refractivity contribution < 1.29 is 9.47 Å². The number of morpholine rings is 1. The van der Waals surface area contributed by atoms with Gasteiger partial charge in [-0.15, -0.1) is 0 Å². The third kappa shape index (κ3) is 7.50. The average molecular weight is 329 g/mol. The maximum atomic E-state index is 5.84. The highest BCUT2D eigenvalue weighted by atomic mass is 16.5. The molecule has 1 aliphatic heterocycles. The number of hydrogen-bond donors (Lipinski definition) is 2. The Labute approximate surface area is 142 Å². The molecule has 0 aromatic rings. The molecule has 1 heterocycles. The van der Waals surface area contributed by atoms with E-state index in [0.717, 1.165) is 45.3 Å². The Bertz CT molecular complexity index is 351. The maximum absolute atomic E-state index is 5.84. The van der Waals surface area contributed by atoms with E-state index in [-0.39, 0.29) is 17.7 Å². The van der Waals surface area contributed by atoms with Crippen LogP contribution in [0.3, 0.4) is 0 Å². The van der Waals surface area contributed by atoms with Crippen LogP contribution in [-0.2, 0) is 9.47 Å². The predicted molar refractivity (Wildman–Crippen MR) is 96.1 cm³/mol. The van der Waals surface area contributed by atoms with Crippen LogP contribution in [0.15, 0.2) is 4.99 Å². The minimum atomic E-state index is 0.00850. The SMILES string of the molecule is CCNC(=NCC(C)(C)N1CC(C)OC(C)C1)NCCOCC. The van der Waals surface area contributed by atoms with Crippen LogP contribution in [0.2, 0.25) is 0 Å². The number of aliphatic imine (C=N–C) groups is 1. The molecule has 0 spiro atoms. The lowest BCUT2D eigenvalue weighted by Gasteiger charge is -2.44. The van der Waals surface area contributed by atoms with Crippen molar-refractivity contribution in [2.75, 3.05) is 45.9 Å². The third-order valence-electron chi connectivity index (χ3n) is 3.99. The van der Waals surface area contributed by atoms with Gasteiger partial charge in [-0.05, 0) is 41.5 Å². The van der Waals surface area contributed by atoms with E-state index in [1.54, 1.807) is 0 Å². The summed E-state index contributed by atoms with van der Waals surface area (Å²) in [7, 11) is 0. The highest BCUT2D eigenvalue weighted by Gasteiger charge is 2.33. The molecule has 23 heavy (non-hydrogen) atoms. The van der Waals surface area contributed by atoms with E-state index >= 15 is 0 Å². The van der Waals surface area contributed by atoms with Gasteiger partial charge in [0.1, 0.15) is 0 Å². The first-order valence-corrected chi connectivity index (χ1v) is 8.89. The minimum absolute atomic E-state index is 0.00850. The quantitative estimate of drug-likeness (QED) is 0.401. The van der Waals surface area contributed by atoms with E-state index in [4.69, 9.17) is 14.5 Å². The first kappa shape index (κ1) is 20.2. The van der Waals surface area contributed by atoms with Crippen molar-refractivity contribution in [1.82, 2.24) is 15.5 Å². The summed E-state index contributed by atoms with van der Waals surface area (Å²) in [5.41, 5.74) is 0.00850. The Hall–Kier alpha value is -0.850. The Balaban J connectivity index is 2.57. The summed E-state index contributed by atoms with van der Waals surface area (Å²) in [5, 5.41) is 6.61. The van der Waals surface area contributed by atoms with Gasteiger partial charge < -0.3 is 20.1 Å². The monoisotopic (exact) mass is 328 g/mol. The summed E-state index contributed by atoms with van der Waals surface area (Å²) in [6, 6.07) is 0. The lowest BCUT2D eigenvalue weighted by Crippen LogP contribution is -2.56. The van der Waals surface area contributed by atoms with Crippen LogP contribution < -0.4 is 10.6 Å². The summed E-state index contributed by atoms with van der Waals surface area (Å²) in [5.74, 6) is 0.856. The molecule has 6 nitrogen and oxygen atoms in total. The molecule has 0 aromatic heterocycles. The van der Waals surface area contributed by atoms with Gasteiger partial charge in [0.05, 0.1) is 25.4 Å². The molecule has 6 heteroatoms. The molecule has 136 valence electrons. The largest absolute Gasteiger partial charge is 0.380 e. The molecule has 1 rings (SSSR count). The summed E-state index contributed by atoms with van der Waals surface area (Å²) >= 11 is 0. The van der Waals surface area contributed by atoms with E-state index in [1.807, 2.05) is 6.92 Å². The number of ether oxygens (including phenoxy) is 2. The molecule has 0 aromatic carbocycles. The molecular formula is C17H36N4O2. The molecule has 1 aliphatic rings. The van der Waals surface area contributed by atoms with E-state index in [0.29, 0.717) is 6.61 Å². The van der Waals surface area contributed by atoms with E-state index in [9.17, 15) is 0 Å². The molecule has 1 saturated heterocycles. The number of rotatable bonds is 8. The fraction of sp³-hybridized carbons (Fsp3) is 0.941. The zero-order valence-corrected chi connectivity index (χ0v) is 15.8. The number of hydrogen-bond acceptors (Lipinski definition) is 4. The molecule has 0 amide bonds. The van der Waals surface area contributed by atoms with Crippen LogP contribution in [-0.4, -0.2) is 74.5 Å². The van der Waals surface area contributed by atoms with Crippen LogP contribution >= 0.6 is 0 Å². The summed E-state index contributed by atoms with van der Waals surface area (Å²) < 4.78 is 11.2. The Morgan fingerprint density at radius 3 is 2.43 bits per heavy atom. The fourth-order valence-electron chi connectivity index (χ4n) is 2.77. The molecule has 1 fully saturated rings. The smallest absolute Gasteiger partial charge is 0.191 e. The second-order valence-electron chi connectivity index (χ2n) is 6.79. The average Bonchev–Trinajstić information content (AvgIpc) is 2.48. The standard InChI is InChI=1S/C17H36N4O2/c1-7-18-16(19-9-10-22-8-2)20-13-17(5,6)21-11-14(3)23-15(4)12-21/h14-15H,7-13H2,1-6H3,(H2,18,19,20). The van der Waals surface area contributed by atoms with Gasteiger partial charge in [0.2, 0.25) is 0 Å². The second-order valence-corrected chi connectivity index (χ2v) is 6.79. The minimum Gasteiger partial charge on any atom is -0.380 e. The number of nitrogens with zero attached hydrogens (tertiary/aromatic N) is 2. The van der Waals surface area contributed by atoms with Crippen LogP contribution in [0.5, 0.6) is 0 Å². The molecule has 0 aliphatic carbocycles. The summed E-state index contributed by atoms with van der Waals surface area (Å²) in [4.78, 5) is 7.25. The van der Waals surface area contributed by atoms with Crippen molar-refractivity contribution in [3.63, 3.8) is 0 Å². The van der Waals surface area contributed by atoms with Crippen molar-refractivity contribution in [3.8, 4) is 0 Å². The van der Waals surface area contributed by atoms with Crippen LogP contribution in [0, 0.1) is 0 Å². The molecule has 2 atom stereocenters. The van der Waals surface area contributed by atoms with Crippen LogP contribution in [0.25, 0.3) is 0 Å². The normalized spacial score (nSPS) is 23.8. The van der Waals surface area contributed by atoms with Crippen molar-refractivity contribution >= 4 is 5.96 Å². The molecule has 0 bridgehead atoms. The van der Waals surface area contributed by atoms with Crippen molar-refractivity contribution in [1.29, 1.82) is 0 Å². The maximum Gasteiger partial charge on any atom is 0.191 e. The van der Waals surface area contributed by atoms with Crippen molar-refractivity contribution in [3.05, 3.63) is 0 Å². The van der Waals surface area contributed by atoms with Crippen molar-refractivity contribution in [2.24, 2.45) is 4.99 Å². The molecule has 2 N–H and O–H groups in total. The first-order valence-electron chi connectivity index (χ1n) is 8.89. The topological polar surface area (TPSA) is 58.1 Å². The molecule has 2 unspecified atom stereocenters. The van der Waals surface area contributed by atoms with Gasteiger partial charge in [0, 0.05) is 38.3 Å². The van der Waals surface area contributed by atoms with E-state index in [2.05, 4.69) is 50.2 Å². The molecule has 0 radical (unpaired) electrons. The number of nitrogens with one attached hydrogen (secondary N) is 2. The lowest BCUT2D eigenvalue weighted by atomic mass is 10.0. The molecule has 0 saturated carbocycles. The molecular weight excluding hydrogens is 292 g/mol. The predicted octanol–water partition coefficient (Wildman–Crippen LogP) is 1.47. The zero-order valence-electron chi connectivity index (χ0n) is 15.8. The van der Waals surface area contributed by atoms with Gasteiger partial charge in [0.25, 0.3) is 0 Å². The first-order chi connectivity index (χ1) is 10.9. The lowest BCUT2D eigenvalue weighted by molar-refractivity contribution is -0.0939. The summed E-state index contributed by atoms with van der Waals surface area (Å²) in [6.07, 6.45) is 0.555. The van der Waals surface area contributed by atoms with Crippen LogP contribution in [0.4, 0.5) is 0 Å². The highest BCUT2D eigenvalue weighted by Crippen LogP contribution is 2.21. The van der Waals surface area contributed by atoms with Gasteiger partial charge in [-0.3, -0.25) is 9.89 Å². The zero-order chi connectivity index (χ0) is 17.3. The summed E-state index contributed by atoms with van der Waals surface area (Å²) in [6.45, 7) is 18.6. The van der Waals surface area contributed by atoms with E-state index in [1.165, 1.54) is 0 Å². The highest BCUT2D eigenvalue weighted by molar-refractivity contribution is 5.79. The van der Waals surface area contributed by atoms with Crippen LogP contribution in [0.1, 0.15) is 41.5 Å².